The van der Waals surface area contributed by atoms with E-state index in [1.807, 2.05) is 13.1 Å². The lowest BCUT2D eigenvalue weighted by molar-refractivity contribution is -0.389. The number of hydrogen-bond donors (Lipinski definition) is 1. The van der Waals surface area contributed by atoms with E-state index in [9.17, 15) is 5.11 Å². The summed E-state index contributed by atoms with van der Waals surface area (Å²) >= 11 is 0. The van der Waals surface area contributed by atoms with Crippen molar-refractivity contribution in [1.82, 2.24) is 0 Å². The predicted molar refractivity (Wildman–Crippen MR) is 66.9 cm³/mol. The number of aromatic nitrogens is 1. The van der Waals surface area contributed by atoms with Gasteiger partial charge in [-0.3, -0.25) is 0 Å². The zero-order valence-corrected chi connectivity index (χ0v) is 10.9. The summed E-state index contributed by atoms with van der Waals surface area (Å²) in [5.41, 5.74) is 2.47. The van der Waals surface area contributed by atoms with Gasteiger partial charge in [0.1, 0.15) is 0 Å². The lowest BCUT2D eigenvalue weighted by Gasteiger charge is -2.12. The highest BCUT2D eigenvalue weighted by molar-refractivity contribution is 5.40. The van der Waals surface area contributed by atoms with Gasteiger partial charge in [0.15, 0.2) is 18.2 Å². The van der Waals surface area contributed by atoms with Gasteiger partial charge >= 0.3 is 0 Å². The molecule has 0 saturated carbocycles. The number of ether oxygens (including phenoxy) is 2. The van der Waals surface area contributed by atoms with Crippen molar-refractivity contribution in [1.29, 1.82) is 0 Å². The van der Waals surface area contributed by atoms with Crippen molar-refractivity contribution < 1.29 is 19.6 Å². The Morgan fingerprint density at radius 1 is 1.56 bits per heavy atom. The number of aromatic hydroxyl groups is 1. The minimum Gasteiger partial charge on any atom is -0.502 e. The van der Waals surface area contributed by atoms with Crippen molar-refractivity contribution in [2.24, 2.45) is 0 Å². The van der Waals surface area contributed by atoms with Crippen molar-refractivity contribution in [3.8, 4) is 5.75 Å². The third-order valence-corrected chi connectivity index (χ3v) is 3.00. The number of hydrogen-bond acceptors (Lipinski definition) is 3. The maximum atomic E-state index is 10.0. The largest absolute Gasteiger partial charge is 0.502 e. The predicted octanol–water partition coefficient (Wildman–Crippen LogP) is 2.42. The van der Waals surface area contributed by atoms with Crippen LogP contribution in [-0.4, -0.2) is 11.7 Å². The highest BCUT2D eigenvalue weighted by Crippen LogP contribution is 2.37. The second-order valence-electron chi connectivity index (χ2n) is 4.38. The normalized spacial score (nSPS) is 18.4. The molecule has 1 aliphatic rings. The summed E-state index contributed by atoms with van der Waals surface area (Å²) in [5.74, 6) is 0.249. The quantitative estimate of drug-likeness (QED) is 0.645. The second-order valence-corrected chi connectivity index (χ2v) is 4.38. The molecule has 18 heavy (non-hydrogen) atoms. The van der Waals surface area contributed by atoms with Crippen LogP contribution in [0, 0.1) is 6.92 Å². The van der Waals surface area contributed by atoms with Gasteiger partial charge in [0.25, 0.3) is 0 Å². The number of fused-ring (bicyclic) bond motifs is 1. The first kappa shape index (κ1) is 13.1. The summed E-state index contributed by atoms with van der Waals surface area (Å²) in [6.45, 7) is 5.01. The van der Waals surface area contributed by atoms with E-state index in [0.717, 1.165) is 29.7 Å². The molecule has 2 rings (SSSR count). The zero-order valence-electron chi connectivity index (χ0n) is 10.9. The molecule has 4 heteroatoms. The summed E-state index contributed by atoms with van der Waals surface area (Å²) in [4.78, 5) is 3.01. The van der Waals surface area contributed by atoms with Crippen molar-refractivity contribution in [2.45, 2.75) is 39.6 Å². The summed E-state index contributed by atoms with van der Waals surface area (Å²) in [6, 6.07) is 0. The zero-order chi connectivity index (χ0) is 13.0. The first-order valence-electron chi connectivity index (χ1n) is 6.35. The molecule has 0 radical (unpaired) electrons. The van der Waals surface area contributed by atoms with Gasteiger partial charge in [-0.15, -0.1) is 0 Å². The van der Waals surface area contributed by atoms with Crippen LogP contribution in [0.1, 0.15) is 42.9 Å². The topological polar surface area (TPSA) is 52.8 Å². The van der Waals surface area contributed by atoms with Gasteiger partial charge in [0, 0.05) is 6.92 Å². The summed E-state index contributed by atoms with van der Waals surface area (Å²) in [7, 11) is 0. The van der Waals surface area contributed by atoms with Crippen LogP contribution >= 0.6 is 0 Å². The maximum absolute atomic E-state index is 10.0. The highest BCUT2D eigenvalue weighted by Gasteiger charge is 2.31. The smallest absolute Gasteiger partial charge is 0.219 e. The average molecular weight is 250 g/mol. The summed E-state index contributed by atoms with van der Waals surface area (Å²) < 4.78 is 11.2. The molecule has 1 unspecified atom stereocenters. The molecule has 1 aliphatic heterocycles. The van der Waals surface area contributed by atoms with Crippen LogP contribution < -0.4 is 4.98 Å². The fourth-order valence-corrected chi connectivity index (χ4v) is 1.99. The van der Waals surface area contributed by atoms with Crippen LogP contribution in [0.4, 0.5) is 0 Å². The van der Waals surface area contributed by atoms with Crippen molar-refractivity contribution >= 4 is 0 Å². The SMILES string of the molecule is CC/C=C/CCOC1OCc2c[nH+]c(C)c(O)c21. The Kier molecular flexibility index (Phi) is 4.33. The molecule has 0 spiro atoms. The molecule has 98 valence electrons. The van der Waals surface area contributed by atoms with Gasteiger partial charge in [-0.05, 0) is 12.8 Å². The fraction of sp³-hybridized carbons (Fsp3) is 0.500. The van der Waals surface area contributed by atoms with Crippen LogP contribution in [0.25, 0.3) is 0 Å². The van der Waals surface area contributed by atoms with Gasteiger partial charge in [0.2, 0.25) is 5.69 Å². The van der Waals surface area contributed by atoms with Gasteiger partial charge in [-0.1, -0.05) is 19.1 Å². The monoisotopic (exact) mass is 250 g/mol. The second kappa shape index (κ2) is 5.98. The van der Waals surface area contributed by atoms with Crippen LogP contribution in [0.15, 0.2) is 18.3 Å². The molecule has 0 aromatic carbocycles. The van der Waals surface area contributed by atoms with E-state index in [4.69, 9.17) is 9.47 Å². The number of allylic oxidation sites excluding steroid dienone is 1. The standard InChI is InChI=1S/C14H19NO3/c1-3-4-5-6-7-17-14-12-11(9-18-14)8-15-10(2)13(12)16/h4-5,8,14,16H,3,6-7,9H2,1-2H3/p+1/b5-4+. The molecule has 0 fully saturated rings. The molecule has 0 saturated heterocycles. The number of aryl methyl sites for hydroxylation is 1. The summed E-state index contributed by atoms with van der Waals surface area (Å²) in [5, 5.41) is 10.0. The van der Waals surface area contributed by atoms with E-state index in [2.05, 4.69) is 24.1 Å². The third-order valence-electron chi connectivity index (χ3n) is 3.00. The van der Waals surface area contributed by atoms with E-state index in [-0.39, 0.29) is 5.75 Å². The van der Waals surface area contributed by atoms with Crippen LogP contribution in [0.3, 0.4) is 0 Å². The fourth-order valence-electron chi connectivity index (χ4n) is 1.99. The number of H-pyrrole nitrogens is 1. The molecule has 1 aromatic rings. The van der Waals surface area contributed by atoms with Gasteiger partial charge < -0.3 is 14.6 Å². The summed E-state index contributed by atoms with van der Waals surface area (Å²) in [6.07, 6.45) is 7.54. The van der Waals surface area contributed by atoms with E-state index in [1.54, 1.807) is 0 Å². The van der Waals surface area contributed by atoms with Gasteiger partial charge in [-0.2, -0.15) is 0 Å². The Bertz CT molecular complexity index is 443. The van der Waals surface area contributed by atoms with E-state index in [1.165, 1.54) is 0 Å². The average Bonchev–Trinajstić information content (AvgIpc) is 2.78. The molecule has 1 aromatic heterocycles. The Balaban J connectivity index is 1.98. The lowest BCUT2D eigenvalue weighted by Crippen LogP contribution is -2.11. The number of pyridine rings is 1. The molecular formula is C14H20NO3+. The number of aromatic amines is 1. The van der Waals surface area contributed by atoms with Gasteiger partial charge in [0.05, 0.1) is 24.3 Å². The van der Waals surface area contributed by atoms with Crippen LogP contribution in [-0.2, 0) is 16.1 Å². The first-order valence-corrected chi connectivity index (χ1v) is 6.35. The molecule has 0 amide bonds. The lowest BCUT2D eigenvalue weighted by atomic mass is 10.1. The van der Waals surface area contributed by atoms with Crippen molar-refractivity contribution in [3.63, 3.8) is 0 Å². The van der Waals surface area contributed by atoms with Crippen molar-refractivity contribution in [3.05, 3.63) is 35.2 Å². The Hall–Kier alpha value is -1.39. The molecule has 0 bridgehead atoms. The minimum atomic E-state index is -0.441. The van der Waals surface area contributed by atoms with E-state index in [0.29, 0.717) is 13.2 Å². The third kappa shape index (κ3) is 2.71. The molecule has 4 nitrogen and oxygen atoms in total. The molecular weight excluding hydrogens is 230 g/mol. The molecule has 2 heterocycles. The minimum absolute atomic E-state index is 0.249. The number of nitrogens with one attached hydrogen (secondary N) is 1. The highest BCUT2D eigenvalue weighted by atomic mass is 16.7. The Morgan fingerprint density at radius 2 is 2.39 bits per heavy atom. The molecule has 1 atom stereocenters. The van der Waals surface area contributed by atoms with E-state index < -0.39 is 6.29 Å². The van der Waals surface area contributed by atoms with Crippen LogP contribution in [0.5, 0.6) is 5.75 Å². The molecule has 0 aliphatic carbocycles. The first-order chi connectivity index (χ1) is 8.74. The van der Waals surface area contributed by atoms with E-state index >= 15 is 0 Å². The Morgan fingerprint density at radius 3 is 3.17 bits per heavy atom. The molecule has 2 N–H and O–H groups in total. The number of rotatable bonds is 5. The Labute approximate surface area is 107 Å². The maximum Gasteiger partial charge on any atom is 0.219 e. The van der Waals surface area contributed by atoms with Gasteiger partial charge in [-0.25, -0.2) is 4.98 Å². The van der Waals surface area contributed by atoms with Crippen molar-refractivity contribution in [2.75, 3.05) is 6.61 Å². The van der Waals surface area contributed by atoms with Crippen LogP contribution in [0.2, 0.25) is 0 Å².